The number of benzene rings is 1. The molecule has 0 heterocycles. The van der Waals surface area contributed by atoms with Gasteiger partial charge in [0.1, 0.15) is 5.82 Å². The summed E-state index contributed by atoms with van der Waals surface area (Å²) in [6, 6.07) is 3.63. The van der Waals surface area contributed by atoms with Crippen LogP contribution >= 0.6 is 15.9 Å². The van der Waals surface area contributed by atoms with Gasteiger partial charge in [-0.3, -0.25) is 0 Å². The third-order valence-corrected chi connectivity index (χ3v) is 2.48. The fourth-order valence-corrected chi connectivity index (χ4v) is 1.50. The second-order valence-corrected chi connectivity index (χ2v) is 3.54. The molecule has 66 valence electrons. The smallest absolute Gasteiger partial charge is 0.131 e. The minimum absolute atomic E-state index is 0.126. The van der Waals surface area contributed by atoms with Gasteiger partial charge in [0.15, 0.2) is 0 Å². The van der Waals surface area contributed by atoms with Gasteiger partial charge in [-0.25, -0.2) is 4.39 Å². The Morgan fingerprint density at radius 1 is 1.50 bits per heavy atom. The van der Waals surface area contributed by atoms with E-state index in [-0.39, 0.29) is 5.82 Å². The molecule has 0 aliphatic heterocycles. The van der Waals surface area contributed by atoms with E-state index in [1.807, 2.05) is 6.07 Å². The highest BCUT2D eigenvalue weighted by Gasteiger charge is 2.07. The standard InChI is InChI=1S/C9H11BrFN/c1-6-3-4-8(10)7(5-12-2)9(6)11/h3-4,12H,5H2,1-2H3. The first-order valence-corrected chi connectivity index (χ1v) is 4.54. The van der Waals surface area contributed by atoms with Crippen LogP contribution in [0.15, 0.2) is 16.6 Å². The Labute approximate surface area is 80.1 Å². The normalized spacial score (nSPS) is 10.3. The van der Waals surface area contributed by atoms with Crippen LogP contribution in [0.1, 0.15) is 11.1 Å². The molecule has 12 heavy (non-hydrogen) atoms. The molecule has 0 spiro atoms. The zero-order valence-corrected chi connectivity index (χ0v) is 8.70. The van der Waals surface area contributed by atoms with E-state index in [0.29, 0.717) is 17.7 Å². The van der Waals surface area contributed by atoms with Gasteiger partial charge in [0, 0.05) is 16.6 Å². The van der Waals surface area contributed by atoms with Crippen LogP contribution in [0.3, 0.4) is 0 Å². The molecule has 0 aliphatic rings. The van der Waals surface area contributed by atoms with Crippen molar-refractivity contribution in [2.45, 2.75) is 13.5 Å². The molecule has 0 saturated heterocycles. The van der Waals surface area contributed by atoms with Crippen LogP contribution < -0.4 is 5.32 Å². The fraction of sp³-hybridized carbons (Fsp3) is 0.333. The van der Waals surface area contributed by atoms with Crippen LogP contribution in [-0.4, -0.2) is 7.05 Å². The Bertz CT molecular complexity index is 286. The second kappa shape index (κ2) is 4.01. The van der Waals surface area contributed by atoms with Gasteiger partial charge < -0.3 is 5.32 Å². The van der Waals surface area contributed by atoms with Crippen molar-refractivity contribution in [3.8, 4) is 0 Å². The summed E-state index contributed by atoms with van der Waals surface area (Å²) in [6.07, 6.45) is 0. The van der Waals surface area contributed by atoms with Crippen molar-refractivity contribution in [3.63, 3.8) is 0 Å². The topological polar surface area (TPSA) is 12.0 Å². The molecule has 0 unspecified atom stereocenters. The number of nitrogens with one attached hydrogen (secondary N) is 1. The lowest BCUT2D eigenvalue weighted by molar-refractivity contribution is 0.590. The summed E-state index contributed by atoms with van der Waals surface area (Å²) in [4.78, 5) is 0. The van der Waals surface area contributed by atoms with Gasteiger partial charge >= 0.3 is 0 Å². The Morgan fingerprint density at radius 3 is 2.75 bits per heavy atom. The molecule has 0 radical (unpaired) electrons. The highest BCUT2D eigenvalue weighted by molar-refractivity contribution is 9.10. The van der Waals surface area contributed by atoms with Crippen molar-refractivity contribution in [2.75, 3.05) is 7.05 Å². The van der Waals surface area contributed by atoms with Gasteiger partial charge in [-0.15, -0.1) is 0 Å². The lowest BCUT2D eigenvalue weighted by Crippen LogP contribution is -2.08. The Balaban J connectivity index is 3.14. The zero-order chi connectivity index (χ0) is 9.14. The number of rotatable bonds is 2. The summed E-state index contributed by atoms with van der Waals surface area (Å²) in [5, 5.41) is 2.92. The van der Waals surface area contributed by atoms with Crippen molar-refractivity contribution in [1.82, 2.24) is 5.32 Å². The largest absolute Gasteiger partial charge is 0.316 e. The van der Waals surface area contributed by atoms with E-state index in [4.69, 9.17) is 0 Å². The first-order valence-electron chi connectivity index (χ1n) is 3.75. The fourth-order valence-electron chi connectivity index (χ4n) is 1.05. The molecule has 1 N–H and O–H groups in total. The molecule has 0 aliphatic carbocycles. The molecule has 1 aromatic carbocycles. The summed E-state index contributed by atoms with van der Waals surface area (Å²) in [6.45, 7) is 2.31. The molecule has 1 nitrogen and oxygen atoms in total. The Kier molecular flexibility index (Phi) is 3.23. The van der Waals surface area contributed by atoms with Crippen LogP contribution in [0.4, 0.5) is 4.39 Å². The van der Waals surface area contributed by atoms with E-state index in [0.717, 1.165) is 4.47 Å². The van der Waals surface area contributed by atoms with Crippen molar-refractivity contribution in [2.24, 2.45) is 0 Å². The average molecular weight is 232 g/mol. The molecule has 0 aromatic heterocycles. The summed E-state index contributed by atoms with van der Waals surface area (Å²) >= 11 is 3.30. The lowest BCUT2D eigenvalue weighted by atomic mass is 10.1. The quantitative estimate of drug-likeness (QED) is 0.826. The van der Waals surface area contributed by atoms with Crippen LogP contribution in [0.25, 0.3) is 0 Å². The Hall–Kier alpha value is -0.410. The molecule has 0 atom stereocenters. The van der Waals surface area contributed by atoms with Crippen molar-refractivity contribution in [3.05, 3.63) is 33.5 Å². The predicted octanol–water partition coefficient (Wildman–Crippen LogP) is 2.62. The van der Waals surface area contributed by atoms with E-state index in [9.17, 15) is 4.39 Å². The molecule has 0 fully saturated rings. The van der Waals surface area contributed by atoms with Gasteiger partial charge in [-0.2, -0.15) is 0 Å². The maximum absolute atomic E-state index is 13.4. The Morgan fingerprint density at radius 2 is 2.17 bits per heavy atom. The second-order valence-electron chi connectivity index (χ2n) is 2.69. The van der Waals surface area contributed by atoms with Crippen molar-refractivity contribution < 1.29 is 4.39 Å². The van der Waals surface area contributed by atoms with E-state index in [1.54, 1.807) is 20.0 Å². The van der Waals surface area contributed by atoms with Crippen LogP contribution in [0.2, 0.25) is 0 Å². The number of aryl methyl sites for hydroxylation is 1. The monoisotopic (exact) mass is 231 g/mol. The SMILES string of the molecule is CNCc1c(Br)ccc(C)c1F. The van der Waals surface area contributed by atoms with E-state index < -0.39 is 0 Å². The highest BCUT2D eigenvalue weighted by Crippen LogP contribution is 2.21. The van der Waals surface area contributed by atoms with E-state index in [1.165, 1.54) is 0 Å². The maximum Gasteiger partial charge on any atom is 0.131 e. The van der Waals surface area contributed by atoms with Crippen LogP contribution in [-0.2, 0) is 6.54 Å². The number of halogens is 2. The maximum atomic E-state index is 13.4. The molecular formula is C9H11BrFN. The molecule has 0 saturated carbocycles. The van der Waals surface area contributed by atoms with Crippen molar-refractivity contribution >= 4 is 15.9 Å². The summed E-state index contributed by atoms with van der Waals surface area (Å²) in [7, 11) is 1.80. The summed E-state index contributed by atoms with van der Waals surface area (Å²) < 4.78 is 14.2. The van der Waals surface area contributed by atoms with Gasteiger partial charge in [0.25, 0.3) is 0 Å². The third kappa shape index (κ3) is 1.84. The van der Waals surface area contributed by atoms with Gasteiger partial charge in [-0.05, 0) is 25.6 Å². The molecule has 3 heteroatoms. The lowest BCUT2D eigenvalue weighted by Gasteiger charge is -2.06. The summed E-state index contributed by atoms with van der Waals surface area (Å²) in [5.74, 6) is -0.126. The highest BCUT2D eigenvalue weighted by atomic mass is 79.9. The predicted molar refractivity (Wildman–Crippen MR) is 51.6 cm³/mol. The molecule has 0 bridgehead atoms. The minimum atomic E-state index is -0.126. The van der Waals surface area contributed by atoms with Crippen molar-refractivity contribution in [1.29, 1.82) is 0 Å². The molecule has 1 aromatic rings. The summed E-state index contributed by atoms with van der Waals surface area (Å²) in [5.41, 5.74) is 1.38. The average Bonchev–Trinajstić information content (AvgIpc) is 2.06. The van der Waals surface area contributed by atoms with Gasteiger partial charge in [0.2, 0.25) is 0 Å². The number of hydrogen-bond donors (Lipinski definition) is 1. The number of hydrogen-bond acceptors (Lipinski definition) is 1. The van der Waals surface area contributed by atoms with E-state index in [2.05, 4.69) is 21.2 Å². The van der Waals surface area contributed by atoms with E-state index >= 15 is 0 Å². The first-order chi connectivity index (χ1) is 5.66. The van der Waals surface area contributed by atoms with Gasteiger partial charge in [0.05, 0.1) is 0 Å². The molecular weight excluding hydrogens is 221 g/mol. The molecule has 0 amide bonds. The van der Waals surface area contributed by atoms with Gasteiger partial charge in [-0.1, -0.05) is 22.0 Å². The van der Waals surface area contributed by atoms with Crippen LogP contribution in [0.5, 0.6) is 0 Å². The zero-order valence-electron chi connectivity index (χ0n) is 7.12. The minimum Gasteiger partial charge on any atom is -0.316 e. The first kappa shape index (κ1) is 9.68. The molecule has 1 rings (SSSR count). The van der Waals surface area contributed by atoms with Crippen LogP contribution in [0, 0.1) is 12.7 Å². The third-order valence-electron chi connectivity index (χ3n) is 1.73.